The van der Waals surface area contributed by atoms with Crippen LogP contribution in [-0.2, 0) is 0 Å². The zero-order valence-electron chi connectivity index (χ0n) is 9.87. The molecule has 2 rings (SSSR count). The molecule has 1 N–H and O–H groups in total. The second-order valence-electron chi connectivity index (χ2n) is 5.15. The van der Waals surface area contributed by atoms with E-state index in [2.05, 4.69) is 42.7 Å². The van der Waals surface area contributed by atoms with Crippen molar-refractivity contribution in [3.8, 4) is 0 Å². The molecule has 1 aliphatic carbocycles. The summed E-state index contributed by atoms with van der Waals surface area (Å²) in [6.45, 7) is 5.95. The minimum atomic E-state index is 0.838. The van der Waals surface area contributed by atoms with Crippen molar-refractivity contribution in [2.75, 3.05) is 23.8 Å². The van der Waals surface area contributed by atoms with Gasteiger partial charge in [-0.15, -0.1) is 0 Å². The number of thioether (sulfide) groups is 2. The first-order chi connectivity index (χ1) is 7.25. The third-order valence-electron chi connectivity index (χ3n) is 3.64. The van der Waals surface area contributed by atoms with Gasteiger partial charge in [0.2, 0.25) is 0 Å². The fourth-order valence-corrected chi connectivity index (χ4v) is 4.95. The Morgan fingerprint density at radius 2 is 2.07 bits per heavy atom. The van der Waals surface area contributed by atoms with Crippen molar-refractivity contribution in [2.45, 2.75) is 38.0 Å². The predicted molar refractivity (Wildman–Crippen MR) is 72.9 cm³/mol. The molecule has 0 bridgehead atoms. The lowest BCUT2D eigenvalue weighted by molar-refractivity contribution is 0.169. The van der Waals surface area contributed by atoms with Gasteiger partial charge in [-0.1, -0.05) is 13.8 Å². The van der Waals surface area contributed by atoms with Gasteiger partial charge in [0.1, 0.15) is 0 Å². The molecule has 0 spiro atoms. The third kappa shape index (κ3) is 3.57. The van der Waals surface area contributed by atoms with E-state index < -0.39 is 0 Å². The molecule has 0 aromatic heterocycles. The van der Waals surface area contributed by atoms with Crippen molar-refractivity contribution in [1.29, 1.82) is 0 Å². The van der Waals surface area contributed by atoms with E-state index in [1.54, 1.807) is 0 Å². The largest absolute Gasteiger partial charge is 0.313 e. The Labute approximate surface area is 103 Å². The molecule has 0 amide bonds. The second-order valence-corrected chi connectivity index (χ2v) is 7.71. The smallest absolute Gasteiger partial charge is 0.0263 e. The molecule has 1 nitrogen and oxygen atoms in total. The van der Waals surface area contributed by atoms with Crippen LogP contribution in [0.15, 0.2) is 0 Å². The Kier molecular flexibility index (Phi) is 4.71. The van der Waals surface area contributed by atoms with Gasteiger partial charge < -0.3 is 5.32 Å². The molecule has 0 radical (unpaired) electrons. The van der Waals surface area contributed by atoms with Crippen molar-refractivity contribution in [3.05, 3.63) is 0 Å². The van der Waals surface area contributed by atoms with E-state index in [9.17, 15) is 0 Å². The molecule has 0 aromatic rings. The standard InChI is InChI=1S/C12H23NS2/c1-9(2)10-5-11(6-10)13-7-12-8-14-3-4-15-12/h9-13H,3-8H2,1-2H3. The van der Waals surface area contributed by atoms with Crippen LogP contribution < -0.4 is 5.32 Å². The van der Waals surface area contributed by atoms with Crippen LogP contribution in [0.5, 0.6) is 0 Å². The highest BCUT2D eigenvalue weighted by Crippen LogP contribution is 2.33. The van der Waals surface area contributed by atoms with Gasteiger partial charge in [-0.2, -0.15) is 23.5 Å². The molecule has 3 heteroatoms. The van der Waals surface area contributed by atoms with E-state index >= 15 is 0 Å². The van der Waals surface area contributed by atoms with E-state index in [1.807, 2.05) is 0 Å². The second kappa shape index (κ2) is 5.83. The van der Waals surface area contributed by atoms with Crippen molar-refractivity contribution in [3.63, 3.8) is 0 Å². The molecule has 15 heavy (non-hydrogen) atoms. The summed E-state index contributed by atoms with van der Waals surface area (Å²) in [4.78, 5) is 0. The highest BCUT2D eigenvalue weighted by atomic mass is 32.2. The minimum absolute atomic E-state index is 0.838. The summed E-state index contributed by atoms with van der Waals surface area (Å²) in [5, 5.41) is 4.62. The van der Waals surface area contributed by atoms with Crippen LogP contribution in [-0.4, -0.2) is 35.1 Å². The van der Waals surface area contributed by atoms with Crippen LogP contribution in [0.3, 0.4) is 0 Å². The van der Waals surface area contributed by atoms with Crippen molar-refractivity contribution < 1.29 is 0 Å². The maximum atomic E-state index is 3.74. The van der Waals surface area contributed by atoms with Gasteiger partial charge in [-0.05, 0) is 24.7 Å². The van der Waals surface area contributed by atoms with Gasteiger partial charge in [0.05, 0.1) is 0 Å². The third-order valence-corrected chi connectivity index (χ3v) is 6.48. The first-order valence-corrected chi connectivity index (χ1v) is 8.38. The lowest BCUT2D eigenvalue weighted by Crippen LogP contribution is -2.45. The Morgan fingerprint density at radius 3 is 2.67 bits per heavy atom. The zero-order valence-corrected chi connectivity index (χ0v) is 11.5. The van der Waals surface area contributed by atoms with E-state index in [0.717, 1.165) is 23.1 Å². The lowest BCUT2D eigenvalue weighted by atomic mass is 9.74. The summed E-state index contributed by atoms with van der Waals surface area (Å²) in [7, 11) is 0. The van der Waals surface area contributed by atoms with Crippen LogP contribution in [0.2, 0.25) is 0 Å². The van der Waals surface area contributed by atoms with Gasteiger partial charge in [0.15, 0.2) is 0 Å². The normalized spacial score (nSPS) is 36.6. The van der Waals surface area contributed by atoms with Crippen LogP contribution in [0.25, 0.3) is 0 Å². The van der Waals surface area contributed by atoms with Crippen molar-refractivity contribution in [2.24, 2.45) is 11.8 Å². The summed E-state index contributed by atoms with van der Waals surface area (Å²) in [6, 6.07) is 0.838. The number of nitrogens with one attached hydrogen (secondary N) is 1. The number of hydrogen-bond donors (Lipinski definition) is 1. The monoisotopic (exact) mass is 245 g/mol. The summed E-state index contributed by atoms with van der Waals surface area (Å²) >= 11 is 4.29. The highest BCUT2D eigenvalue weighted by molar-refractivity contribution is 8.06. The Morgan fingerprint density at radius 1 is 1.27 bits per heavy atom. The predicted octanol–water partition coefficient (Wildman–Crippen LogP) is 2.86. The van der Waals surface area contributed by atoms with E-state index in [1.165, 1.54) is 36.6 Å². The van der Waals surface area contributed by atoms with Gasteiger partial charge in [0.25, 0.3) is 0 Å². The maximum Gasteiger partial charge on any atom is 0.0263 e. The molecule has 1 unspecified atom stereocenters. The Balaban J connectivity index is 1.55. The molecule has 1 saturated carbocycles. The molecule has 1 aliphatic heterocycles. The van der Waals surface area contributed by atoms with Crippen molar-refractivity contribution >= 4 is 23.5 Å². The van der Waals surface area contributed by atoms with Gasteiger partial charge in [-0.25, -0.2) is 0 Å². The first kappa shape index (κ1) is 12.1. The summed E-state index contributed by atoms with van der Waals surface area (Å²) in [6.07, 6.45) is 2.84. The number of rotatable bonds is 4. The molecular formula is C12H23NS2. The molecule has 2 aliphatic rings. The number of hydrogen-bond acceptors (Lipinski definition) is 3. The minimum Gasteiger partial charge on any atom is -0.313 e. The fourth-order valence-electron chi connectivity index (χ4n) is 2.33. The quantitative estimate of drug-likeness (QED) is 0.818. The van der Waals surface area contributed by atoms with Crippen molar-refractivity contribution in [1.82, 2.24) is 5.32 Å². The zero-order chi connectivity index (χ0) is 10.7. The molecule has 1 atom stereocenters. The Bertz CT molecular complexity index is 184. The summed E-state index contributed by atoms with van der Waals surface area (Å²) in [5.74, 6) is 5.97. The van der Waals surface area contributed by atoms with Crippen LogP contribution >= 0.6 is 23.5 Å². The van der Waals surface area contributed by atoms with E-state index in [0.29, 0.717) is 0 Å². The molecule has 2 fully saturated rings. The topological polar surface area (TPSA) is 12.0 Å². The van der Waals surface area contributed by atoms with Crippen LogP contribution in [0, 0.1) is 11.8 Å². The molecule has 1 saturated heterocycles. The van der Waals surface area contributed by atoms with Gasteiger partial charge >= 0.3 is 0 Å². The van der Waals surface area contributed by atoms with E-state index in [4.69, 9.17) is 0 Å². The van der Waals surface area contributed by atoms with Crippen LogP contribution in [0.4, 0.5) is 0 Å². The SMILES string of the molecule is CC(C)C1CC(NCC2CSCCS2)C1. The fraction of sp³-hybridized carbons (Fsp3) is 1.00. The first-order valence-electron chi connectivity index (χ1n) is 6.18. The molecule has 88 valence electrons. The van der Waals surface area contributed by atoms with E-state index in [-0.39, 0.29) is 0 Å². The maximum absolute atomic E-state index is 3.74. The molecule has 0 aromatic carbocycles. The van der Waals surface area contributed by atoms with Gasteiger partial charge in [-0.3, -0.25) is 0 Å². The lowest BCUT2D eigenvalue weighted by Gasteiger charge is -2.39. The average molecular weight is 245 g/mol. The van der Waals surface area contributed by atoms with Crippen LogP contribution in [0.1, 0.15) is 26.7 Å². The average Bonchev–Trinajstić information content (AvgIpc) is 2.16. The highest BCUT2D eigenvalue weighted by Gasteiger charge is 2.31. The Hall–Kier alpha value is 0.660. The molecular weight excluding hydrogens is 222 g/mol. The molecule has 1 heterocycles. The summed E-state index contributed by atoms with van der Waals surface area (Å²) < 4.78 is 0. The van der Waals surface area contributed by atoms with Gasteiger partial charge in [0, 0.05) is 35.1 Å². The summed E-state index contributed by atoms with van der Waals surface area (Å²) in [5.41, 5.74) is 0.